The van der Waals surface area contributed by atoms with Crippen LogP contribution in [0.5, 0.6) is 0 Å². The highest BCUT2D eigenvalue weighted by Crippen LogP contribution is 2.31. The SMILES string of the molecule is N#Cc1ccccc1N1CCN(Cc2ccccc2Sc2ccccc2)CC1. The fraction of sp³-hybridized carbons (Fsp3) is 0.208. The van der Waals surface area contributed by atoms with Crippen molar-refractivity contribution in [3.63, 3.8) is 0 Å². The average Bonchev–Trinajstić information content (AvgIpc) is 2.76. The monoisotopic (exact) mass is 385 g/mol. The third-order valence-corrected chi connectivity index (χ3v) is 6.20. The van der Waals surface area contributed by atoms with E-state index < -0.39 is 0 Å². The van der Waals surface area contributed by atoms with E-state index in [2.05, 4.69) is 76.5 Å². The number of para-hydroxylation sites is 1. The zero-order valence-electron chi connectivity index (χ0n) is 15.8. The first-order valence-corrected chi connectivity index (χ1v) is 10.4. The van der Waals surface area contributed by atoms with E-state index in [0.717, 1.165) is 44.0 Å². The summed E-state index contributed by atoms with van der Waals surface area (Å²) in [5.74, 6) is 0. The molecule has 0 aromatic heterocycles. The standard InChI is InChI=1S/C24H23N3S/c25-18-20-8-4-6-12-23(20)27-16-14-26(15-17-27)19-21-9-5-7-13-24(21)28-22-10-2-1-3-11-22/h1-13H,14-17,19H2. The normalized spacial score (nSPS) is 14.6. The van der Waals surface area contributed by atoms with Gasteiger partial charge in [-0.3, -0.25) is 4.90 Å². The zero-order chi connectivity index (χ0) is 19.2. The molecule has 1 saturated heterocycles. The second kappa shape index (κ2) is 8.97. The van der Waals surface area contributed by atoms with Gasteiger partial charge in [0.25, 0.3) is 0 Å². The Kier molecular flexibility index (Phi) is 5.96. The van der Waals surface area contributed by atoms with E-state index in [0.29, 0.717) is 0 Å². The molecule has 0 spiro atoms. The Balaban J connectivity index is 1.41. The number of anilines is 1. The maximum atomic E-state index is 9.36. The molecule has 0 amide bonds. The third-order valence-electron chi connectivity index (χ3n) is 5.08. The molecule has 0 atom stereocenters. The van der Waals surface area contributed by atoms with E-state index in [9.17, 15) is 5.26 Å². The van der Waals surface area contributed by atoms with E-state index in [1.807, 2.05) is 30.0 Å². The van der Waals surface area contributed by atoms with Crippen LogP contribution in [-0.2, 0) is 6.54 Å². The molecule has 0 bridgehead atoms. The summed E-state index contributed by atoms with van der Waals surface area (Å²) >= 11 is 1.83. The fourth-order valence-corrected chi connectivity index (χ4v) is 4.54. The Morgan fingerprint density at radius 2 is 1.46 bits per heavy atom. The predicted molar refractivity (Wildman–Crippen MR) is 116 cm³/mol. The molecule has 0 saturated carbocycles. The molecule has 1 aliphatic rings. The van der Waals surface area contributed by atoms with Crippen molar-refractivity contribution in [1.82, 2.24) is 4.90 Å². The van der Waals surface area contributed by atoms with Crippen LogP contribution in [-0.4, -0.2) is 31.1 Å². The van der Waals surface area contributed by atoms with Crippen LogP contribution < -0.4 is 4.90 Å². The van der Waals surface area contributed by atoms with Crippen LogP contribution in [0.2, 0.25) is 0 Å². The van der Waals surface area contributed by atoms with Crippen molar-refractivity contribution in [2.45, 2.75) is 16.3 Å². The highest BCUT2D eigenvalue weighted by molar-refractivity contribution is 7.99. The highest BCUT2D eigenvalue weighted by atomic mass is 32.2. The summed E-state index contributed by atoms with van der Waals surface area (Å²) < 4.78 is 0. The topological polar surface area (TPSA) is 30.3 Å². The lowest BCUT2D eigenvalue weighted by Crippen LogP contribution is -2.46. The summed E-state index contributed by atoms with van der Waals surface area (Å²) in [5.41, 5.74) is 3.20. The van der Waals surface area contributed by atoms with Crippen molar-refractivity contribution in [2.24, 2.45) is 0 Å². The summed E-state index contributed by atoms with van der Waals surface area (Å²) in [6, 6.07) is 29.5. The third kappa shape index (κ3) is 4.39. The molecular weight excluding hydrogens is 362 g/mol. The van der Waals surface area contributed by atoms with Gasteiger partial charge in [-0.25, -0.2) is 0 Å². The number of benzene rings is 3. The molecule has 1 fully saturated rings. The van der Waals surface area contributed by atoms with Gasteiger partial charge in [0.15, 0.2) is 0 Å². The predicted octanol–water partition coefficient (Wildman–Crippen LogP) is 5.03. The Bertz CT molecular complexity index is 957. The van der Waals surface area contributed by atoms with Gasteiger partial charge in [-0.2, -0.15) is 5.26 Å². The largest absolute Gasteiger partial charge is 0.368 e. The van der Waals surface area contributed by atoms with Gasteiger partial charge in [0.05, 0.1) is 11.3 Å². The van der Waals surface area contributed by atoms with Crippen LogP contribution in [0.15, 0.2) is 88.7 Å². The molecular formula is C24H23N3S. The molecule has 3 nitrogen and oxygen atoms in total. The lowest BCUT2D eigenvalue weighted by Gasteiger charge is -2.36. The highest BCUT2D eigenvalue weighted by Gasteiger charge is 2.20. The van der Waals surface area contributed by atoms with E-state index >= 15 is 0 Å². The Hall–Kier alpha value is -2.74. The Morgan fingerprint density at radius 3 is 2.25 bits per heavy atom. The average molecular weight is 386 g/mol. The number of hydrogen-bond donors (Lipinski definition) is 0. The molecule has 28 heavy (non-hydrogen) atoms. The molecule has 3 aromatic rings. The van der Waals surface area contributed by atoms with Crippen LogP contribution >= 0.6 is 11.8 Å². The molecule has 4 rings (SSSR count). The van der Waals surface area contributed by atoms with Gasteiger partial charge < -0.3 is 4.90 Å². The van der Waals surface area contributed by atoms with E-state index in [1.165, 1.54) is 15.4 Å². The summed E-state index contributed by atoms with van der Waals surface area (Å²) in [4.78, 5) is 7.44. The summed E-state index contributed by atoms with van der Waals surface area (Å²) in [6.07, 6.45) is 0. The molecule has 140 valence electrons. The molecule has 3 aromatic carbocycles. The molecule has 0 N–H and O–H groups in total. The van der Waals surface area contributed by atoms with Crippen LogP contribution in [0.3, 0.4) is 0 Å². The maximum Gasteiger partial charge on any atom is 0.101 e. The molecule has 0 aliphatic carbocycles. The molecule has 4 heteroatoms. The number of hydrogen-bond acceptors (Lipinski definition) is 4. The summed E-state index contributed by atoms with van der Waals surface area (Å²) in [6.45, 7) is 4.87. The van der Waals surface area contributed by atoms with Crippen molar-refractivity contribution < 1.29 is 0 Å². The van der Waals surface area contributed by atoms with Gasteiger partial charge in [0, 0.05) is 42.5 Å². The summed E-state index contributed by atoms with van der Waals surface area (Å²) in [5, 5.41) is 9.36. The van der Waals surface area contributed by atoms with Gasteiger partial charge >= 0.3 is 0 Å². The van der Waals surface area contributed by atoms with Gasteiger partial charge in [-0.15, -0.1) is 0 Å². The molecule has 1 aliphatic heterocycles. The maximum absolute atomic E-state index is 9.36. The van der Waals surface area contributed by atoms with Crippen LogP contribution in [0, 0.1) is 11.3 Å². The smallest absolute Gasteiger partial charge is 0.101 e. The van der Waals surface area contributed by atoms with Crippen molar-refractivity contribution in [1.29, 1.82) is 5.26 Å². The van der Waals surface area contributed by atoms with Gasteiger partial charge in [0.1, 0.15) is 6.07 Å². The quantitative estimate of drug-likeness (QED) is 0.616. The van der Waals surface area contributed by atoms with Crippen LogP contribution in [0.1, 0.15) is 11.1 Å². The first kappa shape index (κ1) is 18.6. The minimum Gasteiger partial charge on any atom is -0.368 e. The van der Waals surface area contributed by atoms with Crippen molar-refractivity contribution in [3.8, 4) is 6.07 Å². The second-order valence-electron chi connectivity index (χ2n) is 6.91. The second-order valence-corrected chi connectivity index (χ2v) is 8.03. The van der Waals surface area contributed by atoms with Gasteiger partial charge in [-0.1, -0.05) is 60.3 Å². The summed E-state index contributed by atoms with van der Waals surface area (Å²) in [7, 11) is 0. The number of nitriles is 1. The first-order chi connectivity index (χ1) is 13.8. The fourth-order valence-electron chi connectivity index (χ4n) is 3.58. The number of piperazine rings is 1. The van der Waals surface area contributed by atoms with Crippen molar-refractivity contribution in [2.75, 3.05) is 31.1 Å². The Labute approximate surface area is 171 Å². The minimum absolute atomic E-state index is 0.764. The zero-order valence-corrected chi connectivity index (χ0v) is 16.6. The minimum atomic E-state index is 0.764. The lowest BCUT2D eigenvalue weighted by molar-refractivity contribution is 0.248. The molecule has 0 radical (unpaired) electrons. The molecule has 1 heterocycles. The van der Waals surface area contributed by atoms with E-state index in [1.54, 1.807) is 0 Å². The van der Waals surface area contributed by atoms with Crippen LogP contribution in [0.25, 0.3) is 0 Å². The van der Waals surface area contributed by atoms with Gasteiger partial charge in [0.2, 0.25) is 0 Å². The number of rotatable bonds is 5. The molecule has 0 unspecified atom stereocenters. The van der Waals surface area contributed by atoms with Crippen molar-refractivity contribution >= 4 is 17.4 Å². The lowest BCUT2D eigenvalue weighted by atomic mass is 10.1. The van der Waals surface area contributed by atoms with Crippen molar-refractivity contribution in [3.05, 3.63) is 90.0 Å². The Morgan fingerprint density at radius 1 is 0.786 bits per heavy atom. The van der Waals surface area contributed by atoms with E-state index in [-0.39, 0.29) is 0 Å². The van der Waals surface area contributed by atoms with E-state index in [4.69, 9.17) is 0 Å². The van der Waals surface area contributed by atoms with Gasteiger partial charge in [-0.05, 0) is 35.9 Å². The van der Waals surface area contributed by atoms with Crippen LogP contribution in [0.4, 0.5) is 5.69 Å². The first-order valence-electron chi connectivity index (χ1n) is 9.61. The number of nitrogens with zero attached hydrogens (tertiary/aromatic N) is 3.